The summed E-state index contributed by atoms with van der Waals surface area (Å²) < 4.78 is 21.8. The van der Waals surface area contributed by atoms with E-state index in [9.17, 15) is 4.79 Å². The Balaban J connectivity index is 1.41. The quantitative estimate of drug-likeness (QED) is 0.746. The van der Waals surface area contributed by atoms with Crippen LogP contribution >= 0.6 is 0 Å². The maximum Gasteiger partial charge on any atom is 0.227 e. The van der Waals surface area contributed by atoms with Gasteiger partial charge in [0.05, 0.1) is 26.7 Å². The van der Waals surface area contributed by atoms with Crippen LogP contribution in [0.15, 0.2) is 40.8 Å². The van der Waals surface area contributed by atoms with Gasteiger partial charge < -0.3 is 23.9 Å². The van der Waals surface area contributed by atoms with Gasteiger partial charge in [-0.15, -0.1) is 0 Å². The number of nitrogens with one attached hydrogen (secondary N) is 1. The third-order valence-corrected chi connectivity index (χ3v) is 4.60. The second kappa shape index (κ2) is 7.19. The Hall–Kier alpha value is -3.22. The summed E-state index contributed by atoms with van der Waals surface area (Å²) in [5.74, 6) is 2.34. The third-order valence-electron chi connectivity index (χ3n) is 4.60. The molecule has 1 atom stereocenters. The van der Waals surface area contributed by atoms with Crippen molar-refractivity contribution in [3.05, 3.63) is 47.9 Å². The van der Waals surface area contributed by atoms with E-state index < -0.39 is 0 Å². The van der Waals surface area contributed by atoms with Gasteiger partial charge in [0.15, 0.2) is 5.58 Å². The lowest BCUT2D eigenvalue weighted by molar-refractivity contribution is -0.126. The zero-order chi connectivity index (χ0) is 18.8. The Bertz CT molecular complexity index is 982. The summed E-state index contributed by atoms with van der Waals surface area (Å²) in [6, 6.07) is 11.0. The second-order valence-corrected chi connectivity index (χ2v) is 6.34. The SMILES string of the molecule is COc1ccc2c(c1)C[C@@H](C(=O)NCc1nc3cc(OC)ccc3o1)CO2. The Morgan fingerprint density at radius 1 is 1.19 bits per heavy atom. The molecule has 7 heteroatoms. The van der Waals surface area contributed by atoms with E-state index in [2.05, 4.69) is 10.3 Å². The molecule has 2 aromatic carbocycles. The van der Waals surface area contributed by atoms with Crippen LogP contribution in [-0.4, -0.2) is 31.7 Å². The number of aromatic nitrogens is 1. The molecular weight excluding hydrogens is 348 g/mol. The van der Waals surface area contributed by atoms with Crippen LogP contribution in [0.2, 0.25) is 0 Å². The van der Waals surface area contributed by atoms with E-state index in [1.165, 1.54) is 0 Å². The van der Waals surface area contributed by atoms with E-state index in [1.807, 2.05) is 18.2 Å². The number of carbonyl (C=O) groups excluding carboxylic acids is 1. The predicted molar refractivity (Wildman–Crippen MR) is 98.1 cm³/mol. The van der Waals surface area contributed by atoms with Crippen molar-refractivity contribution in [1.29, 1.82) is 0 Å². The Kier molecular flexibility index (Phi) is 4.58. The highest BCUT2D eigenvalue weighted by Gasteiger charge is 2.26. The number of methoxy groups -OCH3 is 2. The molecule has 0 unspecified atom stereocenters. The maximum absolute atomic E-state index is 12.5. The van der Waals surface area contributed by atoms with Crippen LogP contribution in [0.1, 0.15) is 11.5 Å². The lowest BCUT2D eigenvalue weighted by Gasteiger charge is -2.24. The number of amides is 1. The number of fused-ring (bicyclic) bond motifs is 2. The topological polar surface area (TPSA) is 82.8 Å². The number of oxazole rings is 1. The van der Waals surface area contributed by atoms with Gasteiger partial charge in [-0.3, -0.25) is 4.79 Å². The van der Waals surface area contributed by atoms with Gasteiger partial charge in [0.2, 0.25) is 11.8 Å². The van der Waals surface area contributed by atoms with Crippen molar-refractivity contribution in [3.8, 4) is 17.2 Å². The molecule has 2 heterocycles. The smallest absolute Gasteiger partial charge is 0.227 e. The molecule has 27 heavy (non-hydrogen) atoms. The predicted octanol–water partition coefficient (Wildman–Crippen LogP) is 2.71. The van der Waals surface area contributed by atoms with Crippen molar-refractivity contribution >= 4 is 17.0 Å². The molecule has 0 aliphatic carbocycles. The number of hydrogen-bond donors (Lipinski definition) is 1. The fourth-order valence-corrected chi connectivity index (χ4v) is 3.13. The summed E-state index contributed by atoms with van der Waals surface area (Å²) in [5.41, 5.74) is 2.32. The van der Waals surface area contributed by atoms with Gasteiger partial charge in [-0.25, -0.2) is 4.98 Å². The average molecular weight is 368 g/mol. The van der Waals surface area contributed by atoms with Crippen molar-refractivity contribution in [1.82, 2.24) is 10.3 Å². The molecule has 1 aliphatic heterocycles. The first-order valence-corrected chi connectivity index (χ1v) is 8.67. The van der Waals surface area contributed by atoms with Crippen LogP contribution < -0.4 is 19.5 Å². The van der Waals surface area contributed by atoms with E-state index in [0.717, 1.165) is 17.1 Å². The molecule has 0 saturated carbocycles. The van der Waals surface area contributed by atoms with E-state index in [-0.39, 0.29) is 18.4 Å². The van der Waals surface area contributed by atoms with Crippen molar-refractivity contribution in [2.45, 2.75) is 13.0 Å². The molecule has 0 spiro atoms. The fraction of sp³-hybridized carbons (Fsp3) is 0.300. The molecule has 1 aromatic heterocycles. The number of carbonyl (C=O) groups is 1. The summed E-state index contributed by atoms with van der Waals surface area (Å²) in [5, 5.41) is 2.88. The summed E-state index contributed by atoms with van der Waals surface area (Å²) in [6.07, 6.45) is 0.600. The minimum atomic E-state index is -0.269. The normalized spacial score (nSPS) is 15.7. The van der Waals surface area contributed by atoms with Gasteiger partial charge in [-0.2, -0.15) is 0 Å². The van der Waals surface area contributed by atoms with Crippen molar-refractivity contribution in [2.75, 3.05) is 20.8 Å². The van der Waals surface area contributed by atoms with Crippen molar-refractivity contribution in [2.24, 2.45) is 5.92 Å². The number of hydrogen-bond acceptors (Lipinski definition) is 6. The summed E-state index contributed by atoms with van der Waals surface area (Å²) in [6.45, 7) is 0.563. The molecule has 140 valence electrons. The Morgan fingerprint density at radius 2 is 1.96 bits per heavy atom. The molecule has 0 fully saturated rings. The highest BCUT2D eigenvalue weighted by atomic mass is 16.5. The second-order valence-electron chi connectivity index (χ2n) is 6.34. The molecule has 0 saturated heterocycles. The summed E-state index contributed by atoms with van der Waals surface area (Å²) >= 11 is 0. The van der Waals surface area contributed by atoms with Gasteiger partial charge >= 0.3 is 0 Å². The van der Waals surface area contributed by atoms with Crippen LogP contribution in [0.3, 0.4) is 0 Å². The van der Waals surface area contributed by atoms with E-state index in [4.69, 9.17) is 18.6 Å². The molecule has 4 rings (SSSR count). The minimum Gasteiger partial charge on any atom is -0.497 e. The van der Waals surface area contributed by atoms with Gasteiger partial charge in [-0.05, 0) is 42.3 Å². The standard InChI is InChI=1S/C20H20N2O5/c1-24-14-3-5-17-12(8-14)7-13(11-26-17)20(23)21-10-19-22-16-9-15(25-2)4-6-18(16)27-19/h3-6,8-9,13H,7,10-11H2,1-2H3,(H,21,23)/t13-/m1/s1. The average Bonchev–Trinajstić information content (AvgIpc) is 3.13. The van der Waals surface area contributed by atoms with Crippen LogP contribution in [0.5, 0.6) is 17.2 Å². The third kappa shape index (κ3) is 3.53. The fourth-order valence-electron chi connectivity index (χ4n) is 3.13. The van der Waals surface area contributed by atoms with Crippen molar-refractivity contribution in [3.63, 3.8) is 0 Å². The summed E-state index contributed by atoms with van der Waals surface area (Å²) in [4.78, 5) is 16.9. The molecule has 3 aromatic rings. The van der Waals surface area contributed by atoms with Gasteiger partial charge in [-0.1, -0.05) is 0 Å². The molecule has 1 amide bonds. The van der Waals surface area contributed by atoms with Gasteiger partial charge in [0, 0.05) is 6.07 Å². The highest BCUT2D eigenvalue weighted by molar-refractivity contribution is 5.80. The summed E-state index contributed by atoms with van der Waals surface area (Å²) in [7, 11) is 3.22. The Labute approximate surface area is 156 Å². The molecule has 0 bridgehead atoms. The molecule has 7 nitrogen and oxygen atoms in total. The van der Waals surface area contributed by atoms with E-state index >= 15 is 0 Å². The number of benzene rings is 2. The van der Waals surface area contributed by atoms with Crippen molar-refractivity contribution < 1.29 is 23.4 Å². The number of rotatable bonds is 5. The monoisotopic (exact) mass is 368 g/mol. The van der Waals surface area contributed by atoms with Crippen LogP contribution in [0.25, 0.3) is 11.1 Å². The largest absolute Gasteiger partial charge is 0.497 e. The van der Waals surface area contributed by atoms with E-state index in [1.54, 1.807) is 32.4 Å². The van der Waals surface area contributed by atoms with Gasteiger partial charge in [0.25, 0.3) is 0 Å². The van der Waals surface area contributed by atoms with Crippen LogP contribution in [-0.2, 0) is 17.8 Å². The lowest BCUT2D eigenvalue weighted by Crippen LogP contribution is -2.37. The Morgan fingerprint density at radius 3 is 2.78 bits per heavy atom. The molecule has 1 N–H and O–H groups in total. The highest BCUT2D eigenvalue weighted by Crippen LogP contribution is 2.30. The minimum absolute atomic E-state index is 0.0942. The zero-order valence-electron chi connectivity index (χ0n) is 15.2. The van der Waals surface area contributed by atoms with E-state index in [0.29, 0.717) is 35.8 Å². The van der Waals surface area contributed by atoms with Crippen LogP contribution in [0, 0.1) is 5.92 Å². The first-order valence-electron chi connectivity index (χ1n) is 8.67. The zero-order valence-corrected chi connectivity index (χ0v) is 15.2. The number of nitrogens with zero attached hydrogens (tertiary/aromatic N) is 1. The first-order chi connectivity index (χ1) is 13.2. The first kappa shape index (κ1) is 17.2. The van der Waals surface area contributed by atoms with Gasteiger partial charge in [0.1, 0.15) is 29.4 Å². The lowest BCUT2D eigenvalue weighted by atomic mass is 9.96. The molecular formula is C20H20N2O5. The maximum atomic E-state index is 12.5. The number of ether oxygens (including phenoxy) is 3. The molecule has 1 aliphatic rings. The molecule has 0 radical (unpaired) electrons. The van der Waals surface area contributed by atoms with Crippen LogP contribution in [0.4, 0.5) is 0 Å².